The molecule has 0 saturated heterocycles. The molecule has 0 aliphatic carbocycles. The number of hydrogen-bond donors (Lipinski definition) is 1. The number of rotatable bonds is 9. The van der Waals surface area contributed by atoms with Crippen LogP contribution < -0.4 is 9.46 Å². The molecular weight excluding hydrogens is 350 g/mol. The fourth-order valence-electron chi connectivity index (χ4n) is 2.06. The zero-order valence-corrected chi connectivity index (χ0v) is 14.9. The van der Waals surface area contributed by atoms with Gasteiger partial charge in [-0.1, -0.05) is 23.7 Å². The van der Waals surface area contributed by atoms with Gasteiger partial charge in [0, 0.05) is 18.7 Å². The lowest BCUT2D eigenvalue weighted by Gasteiger charge is -2.09. The van der Waals surface area contributed by atoms with Crippen LogP contribution in [0.15, 0.2) is 53.4 Å². The van der Waals surface area contributed by atoms with Gasteiger partial charge in [0.05, 0.1) is 11.5 Å². The number of methoxy groups -OCH3 is 1. The van der Waals surface area contributed by atoms with Crippen molar-refractivity contribution in [3.63, 3.8) is 0 Å². The standard InChI is InChI=1S/C17H20ClNO4S/c1-22-11-12-23-16-5-7-17(8-6-16)24(20,21)19-10-9-14-3-2-4-15(18)13-14/h2-8,13,19H,9-12H2,1H3. The minimum atomic E-state index is -3.55. The molecule has 0 heterocycles. The molecular formula is C17H20ClNO4S. The van der Waals surface area contributed by atoms with Crippen molar-refractivity contribution in [2.24, 2.45) is 0 Å². The first-order valence-corrected chi connectivity index (χ1v) is 9.33. The SMILES string of the molecule is COCCOc1ccc(S(=O)(=O)NCCc2cccc(Cl)c2)cc1. The normalized spacial score (nSPS) is 11.4. The van der Waals surface area contributed by atoms with E-state index < -0.39 is 10.0 Å². The Kier molecular flexibility index (Phi) is 7.05. The minimum Gasteiger partial charge on any atom is -0.491 e. The number of halogens is 1. The fraction of sp³-hybridized carbons (Fsp3) is 0.294. The number of benzene rings is 2. The quantitative estimate of drug-likeness (QED) is 0.690. The van der Waals surface area contributed by atoms with Gasteiger partial charge in [-0.15, -0.1) is 0 Å². The van der Waals surface area contributed by atoms with Crippen LogP contribution >= 0.6 is 11.6 Å². The molecule has 7 heteroatoms. The third kappa shape index (κ3) is 5.79. The van der Waals surface area contributed by atoms with E-state index in [0.29, 0.717) is 37.0 Å². The molecule has 24 heavy (non-hydrogen) atoms. The average molecular weight is 370 g/mol. The summed E-state index contributed by atoms with van der Waals surface area (Å²) in [5, 5.41) is 0.638. The van der Waals surface area contributed by atoms with Crippen LogP contribution in [-0.4, -0.2) is 35.3 Å². The van der Waals surface area contributed by atoms with E-state index in [2.05, 4.69) is 4.72 Å². The molecule has 0 spiro atoms. The smallest absolute Gasteiger partial charge is 0.240 e. The Morgan fingerprint density at radius 2 is 1.83 bits per heavy atom. The molecule has 0 unspecified atom stereocenters. The summed E-state index contributed by atoms with van der Waals surface area (Å²) < 4.78 is 37.4. The Balaban J connectivity index is 1.90. The van der Waals surface area contributed by atoms with Gasteiger partial charge in [0.1, 0.15) is 12.4 Å². The van der Waals surface area contributed by atoms with Crippen LogP contribution in [0, 0.1) is 0 Å². The van der Waals surface area contributed by atoms with Gasteiger partial charge in [-0.2, -0.15) is 0 Å². The second-order valence-corrected chi connectivity index (χ2v) is 7.29. The van der Waals surface area contributed by atoms with Crippen molar-refractivity contribution in [2.45, 2.75) is 11.3 Å². The van der Waals surface area contributed by atoms with Crippen LogP contribution in [0.5, 0.6) is 5.75 Å². The highest BCUT2D eigenvalue weighted by molar-refractivity contribution is 7.89. The van der Waals surface area contributed by atoms with Crippen molar-refractivity contribution in [1.82, 2.24) is 4.72 Å². The van der Waals surface area contributed by atoms with Gasteiger partial charge in [-0.05, 0) is 48.4 Å². The second-order valence-electron chi connectivity index (χ2n) is 5.09. The lowest BCUT2D eigenvalue weighted by Crippen LogP contribution is -2.26. The first-order valence-electron chi connectivity index (χ1n) is 7.47. The summed E-state index contributed by atoms with van der Waals surface area (Å²) in [7, 11) is -1.95. The van der Waals surface area contributed by atoms with E-state index in [-0.39, 0.29) is 4.90 Å². The predicted molar refractivity (Wildman–Crippen MR) is 94.2 cm³/mol. The zero-order valence-electron chi connectivity index (χ0n) is 13.4. The summed E-state index contributed by atoms with van der Waals surface area (Å²) in [6, 6.07) is 13.6. The minimum absolute atomic E-state index is 0.202. The van der Waals surface area contributed by atoms with Gasteiger partial charge in [0.15, 0.2) is 0 Å². The third-order valence-corrected chi connectivity index (χ3v) is 5.00. The van der Waals surface area contributed by atoms with E-state index in [1.54, 1.807) is 25.3 Å². The summed E-state index contributed by atoms with van der Waals surface area (Å²) in [5.74, 6) is 0.602. The molecule has 0 saturated carbocycles. The van der Waals surface area contributed by atoms with Crippen molar-refractivity contribution in [3.8, 4) is 5.75 Å². The van der Waals surface area contributed by atoms with Gasteiger partial charge in [-0.3, -0.25) is 0 Å². The van der Waals surface area contributed by atoms with E-state index in [1.165, 1.54) is 12.1 Å². The maximum absolute atomic E-state index is 12.3. The first-order chi connectivity index (χ1) is 11.5. The maximum atomic E-state index is 12.3. The summed E-state index contributed by atoms with van der Waals surface area (Å²) in [4.78, 5) is 0.202. The Hall–Kier alpha value is -1.60. The van der Waals surface area contributed by atoms with Crippen molar-refractivity contribution >= 4 is 21.6 Å². The average Bonchev–Trinajstić information content (AvgIpc) is 2.55. The van der Waals surface area contributed by atoms with Gasteiger partial charge in [0.2, 0.25) is 10.0 Å². The van der Waals surface area contributed by atoms with Crippen LogP contribution in [0.25, 0.3) is 0 Å². The number of nitrogens with one attached hydrogen (secondary N) is 1. The highest BCUT2D eigenvalue weighted by atomic mass is 35.5. The number of ether oxygens (including phenoxy) is 2. The monoisotopic (exact) mass is 369 g/mol. The molecule has 2 rings (SSSR count). The Labute approximate surface area is 147 Å². The van der Waals surface area contributed by atoms with Gasteiger partial charge in [0.25, 0.3) is 0 Å². The molecule has 5 nitrogen and oxygen atoms in total. The van der Waals surface area contributed by atoms with Crippen molar-refractivity contribution < 1.29 is 17.9 Å². The van der Waals surface area contributed by atoms with E-state index in [1.807, 2.05) is 18.2 Å². The molecule has 0 aliphatic heterocycles. The highest BCUT2D eigenvalue weighted by Crippen LogP contribution is 2.16. The zero-order chi connectivity index (χ0) is 17.4. The molecule has 0 aromatic heterocycles. The van der Waals surface area contributed by atoms with E-state index in [4.69, 9.17) is 21.1 Å². The van der Waals surface area contributed by atoms with Crippen molar-refractivity contribution in [2.75, 3.05) is 26.9 Å². The van der Waals surface area contributed by atoms with Crippen molar-refractivity contribution in [1.29, 1.82) is 0 Å². The van der Waals surface area contributed by atoms with E-state index >= 15 is 0 Å². The summed E-state index contributed by atoms with van der Waals surface area (Å²) >= 11 is 5.91. The van der Waals surface area contributed by atoms with Crippen LogP contribution in [0.1, 0.15) is 5.56 Å². The summed E-state index contributed by atoms with van der Waals surface area (Å²) in [5.41, 5.74) is 0.979. The van der Waals surface area contributed by atoms with Crippen LogP contribution in [0.3, 0.4) is 0 Å². The largest absolute Gasteiger partial charge is 0.491 e. The van der Waals surface area contributed by atoms with Crippen molar-refractivity contribution in [3.05, 3.63) is 59.1 Å². The molecule has 2 aromatic rings. The molecule has 130 valence electrons. The Morgan fingerprint density at radius 3 is 2.50 bits per heavy atom. The van der Waals surface area contributed by atoms with Gasteiger partial charge < -0.3 is 9.47 Å². The lowest BCUT2D eigenvalue weighted by molar-refractivity contribution is 0.146. The molecule has 0 radical (unpaired) electrons. The van der Waals surface area contributed by atoms with Crippen LogP contribution in [0.4, 0.5) is 0 Å². The molecule has 0 amide bonds. The van der Waals surface area contributed by atoms with E-state index in [0.717, 1.165) is 5.56 Å². The van der Waals surface area contributed by atoms with E-state index in [9.17, 15) is 8.42 Å². The molecule has 0 atom stereocenters. The molecule has 0 aliphatic rings. The van der Waals surface area contributed by atoms with Crippen LogP contribution in [0.2, 0.25) is 5.02 Å². The topological polar surface area (TPSA) is 64.6 Å². The Morgan fingerprint density at radius 1 is 1.08 bits per heavy atom. The summed E-state index contributed by atoms with van der Waals surface area (Å²) in [6.45, 7) is 1.19. The number of sulfonamides is 1. The fourth-order valence-corrected chi connectivity index (χ4v) is 3.31. The Bertz CT molecular complexity index is 747. The molecule has 0 bridgehead atoms. The molecule has 1 N–H and O–H groups in total. The predicted octanol–water partition coefficient (Wildman–Crippen LogP) is 2.89. The highest BCUT2D eigenvalue weighted by Gasteiger charge is 2.13. The molecule has 2 aromatic carbocycles. The third-order valence-electron chi connectivity index (χ3n) is 3.29. The van der Waals surface area contributed by atoms with Gasteiger partial charge in [-0.25, -0.2) is 13.1 Å². The van der Waals surface area contributed by atoms with Gasteiger partial charge >= 0.3 is 0 Å². The summed E-state index contributed by atoms with van der Waals surface area (Å²) in [6.07, 6.45) is 0.567. The first kappa shape index (κ1) is 18.7. The lowest BCUT2D eigenvalue weighted by atomic mass is 10.2. The maximum Gasteiger partial charge on any atom is 0.240 e. The van der Waals surface area contributed by atoms with Crippen LogP contribution in [-0.2, 0) is 21.2 Å². The second kappa shape index (κ2) is 9.03. The number of hydrogen-bond acceptors (Lipinski definition) is 4. The molecule has 0 fully saturated rings.